The number of carbonyl (C=O) groups is 1. The van der Waals surface area contributed by atoms with E-state index in [1.165, 1.54) is 19.4 Å². The molecule has 0 bridgehead atoms. The van der Waals surface area contributed by atoms with Gasteiger partial charge in [0.1, 0.15) is 0 Å². The van der Waals surface area contributed by atoms with E-state index >= 15 is 0 Å². The molecule has 1 aromatic rings. The lowest BCUT2D eigenvalue weighted by Crippen LogP contribution is -2.52. The fraction of sp³-hybridized carbons (Fsp3) is 0.588. The SMILES string of the molecule is CNCCc1ccccc1C(=O)N1CCN2CCCC2C1.Cl. The molecule has 0 spiro atoms. The first-order chi connectivity index (χ1) is 10.3. The summed E-state index contributed by atoms with van der Waals surface area (Å²) >= 11 is 0. The van der Waals surface area contributed by atoms with Gasteiger partial charge in [-0.3, -0.25) is 9.69 Å². The van der Waals surface area contributed by atoms with Gasteiger partial charge in [-0.2, -0.15) is 0 Å². The number of nitrogens with one attached hydrogen (secondary N) is 1. The number of halogens is 1. The number of nitrogens with zero attached hydrogens (tertiary/aromatic N) is 2. The summed E-state index contributed by atoms with van der Waals surface area (Å²) in [6, 6.07) is 8.65. The van der Waals surface area contributed by atoms with Gasteiger partial charge in [-0.15, -0.1) is 12.4 Å². The molecule has 1 aromatic carbocycles. The minimum Gasteiger partial charge on any atom is -0.336 e. The molecule has 0 radical (unpaired) electrons. The molecular formula is C17H26ClN3O. The predicted octanol–water partition coefficient (Wildman–Crippen LogP) is 1.79. The summed E-state index contributed by atoms with van der Waals surface area (Å²) < 4.78 is 0. The molecule has 2 heterocycles. The van der Waals surface area contributed by atoms with Crippen molar-refractivity contribution in [2.75, 3.05) is 39.8 Å². The van der Waals surface area contributed by atoms with Crippen molar-refractivity contribution < 1.29 is 4.79 Å². The van der Waals surface area contributed by atoms with Crippen LogP contribution in [0.4, 0.5) is 0 Å². The van der Waals surface area contributed by atoms with E-state index in [4.69, 9.17) is 0 Å². The maximum absolute atomic E-state index is 12.9. The highest BCUT2D eigenvalue weighted by Gasteiger charge is 2.33. The Morgan fingerprint density at radius 2 is 2.09 bits per heavy atom. The zero-order chi connectivity index (χ0) is 14.7. The number of rotatable bonds is 4. The van der Waals surface area contributed by atoms with Crippen LogP contribution in [0.3, 0.4) is 0 Å². The van der Waals surface area contributed by atoms with E-state index < -0.39 is 0 Å². The van der Waals surface area contributed by atoms with Crippen LogP contribution in [0.25, 0.3) is 0 Å². The van der Waals surface area contributed by atoms with Crippen LogP contribution in [0.5, 0.6) is 0 Å². The Balaban J connectivity index is 0.00000176. The van der Waals surface area contributed by atoms with E-state index in [1.807, 2.05) is 25.2 Å². The lowest BCUT2D eigenvalue weighted by molar-refractivity contribution is 0.0570. The molecular weight excluding hydrogens is 298 g/mol. The van der Waals surface area contributed by atoms with Crippen molar-refractivity contribution in [2.24, 2.45) is 0 Å². The Morgan fingerprint density at radius 3 is 2.91 bits per heavy atom. The van der Waals surface area contributed by atoms with Crippen molar-refractivity contribution in [1.29, 1.82) is 0 Å². The number of hydrogen-bond acceptors (Lipinski definition) is 3. The molecule has 1 unspecified atom stereocenters. The summed E-state index contributed by atoms with van der Waals surface area (Å²) in [7, 11) is 1.95. The van der Waals surface area contributed by atoms with Gasteiger partial charge in [-0.05, 0) is 51.0 Å². The van der Waals surface area contributed by atoms with Crippen LogP contribution < -0.4 is 5.32 Å². The molecule has 0 saturated carbocycles. The van der Waals surface area contributed by atoms with Gasteiger partial charge in [0.15, 0.2) is 0 Å². The normalized spacial score (nSPS) is 21.3. The van der Waals surface area contributed by atoms with Crippen LogP contribution in [0.15, 0.2) is 24.3 Å². The van der Waals surface area contributed by atoms with E-state index in [0.717, 1.165) is 43.7 Å². The van der Waals surface area contributed by atoms with Gasteiger partial charge in [0.05, 0.1) is 0 Å². The number of likely N-dealkylation sites (N-methyl/N-ethyl adjacent to an activating group) is 1. The Hall–Kier alpha value is -1.10. The lowest BCUT2D eigenvalue weighted by Gasteiger charge is -2.37. The number of fused-ring (bicyclic) bond motifs is 1. The van der Waals surface area contributed by atoms with Crippen molar-refractivity contribution in [3.05, 3.63) is 35.4 Å². The quantitative estimate of drug-likeness (QED) is 0.917. The van der Waals surface area contributed by atoms with Crippen molar-refractivity contribution in [3.63, 3.8) is 0 Å². The second kappa shape index (κ2) is 7.95. The molecule has 4 nitrogen and oxygen atoms in total. The number of piperazine rings is 1. The molecule has 5 heteroatoms. The van der Waals surface area contributed by atoms with Crippen LogP contribution in [0.1, 0.15) is 28.8 Å². The highest BCUT2D eigenvalue weighted by Crippen LogP contribution is 2.23. The van der Waals surface area contributed by atoms with Crippen molar-refractivity contribution >= 4 is 18.3 Å². The molecule has 2 fully saturated rings. The summed E-state index contributed by atoms with van der Waals surface area (Å²) in [5, 5.41) is 3.16. The number of hydrogen-bond donors (Lipinski definition) is 1. The zero-order valence-corrected chi connectivity index (χ0v) is 14.1. The van der Waals surface area contributed by atoms with Crippen molar-refractivity contribution in [3.8, 4) is 0 Å². The molecule has 0 aromatic heterocycles. The average molecular weight is 324 g/mol. The highest BCUT2D eigenvalue weighted by atomic mass is 35.5. The first kappa shape index (κ1) is 17.3. The van der Waals surface area contributed by atoms with Gasteiger partial charge in [0.2, 0.25) is 0 Å². The first-order valence-corrected chi connectivity index (χ1v) is 8.05. The summed E-state index contributed by atoms with van der Waals surface area (Å²) in [5.74, 6) is 0.216. The summed E-state index contributed by atoms with van der Waals surface area (Å²) in [5.41, 5.74) is 2.05. The first-order valence-electron chi connectivity index (χ1n) is 8.05. The zero-order valence-electron chi connectivity index (χ0n) is 13.3. The largest absolute Gasteiger partial charge is 0.336 e. The van der Waals surface area contributed by atoms with E-state index in [-0.39, 0.29) is 18.3 Å². The Bertz CT molecular complexity index is 508. The van der Waals surface area contributed by atoms with E-state index in [0.29, 0.717) is 6.04 Å². The molecule has 2 saturated heterocycles. The van der Waals surface area contributed by atoms with Crippen LogP contribution >= 0.6 is 12.4 Å². The van der Waals surface area contributed by atoms with Crippen LogP contribution in [-0.2, 0) is 6.42 Å². The third kappa shape index (κ3) is 3.62. The van der Waals surface area contributed by atoms with Gasteiger partial charge in [0.25, 0.3) is 5.91 Å². The van der Waals surface area contributed by atoms with Crippen LogP contribution in [0.2, 0.25) is 0 Å². The van der Waals surface area contributed by atoms with E-state index in [9.17, 15) is 4.79 Å². The second-order valence-electron chi connectivity index (χ2n) is 6.09. The lowest BCUT2D eigenvalue weighted by atomic mass is 10.0. The molecule has 3 rings (SSSR count). The molecule has 1 amide bonds. The molecule has 1 N–H and O–H groups in total. The topological polar surface area (TPSA) is 35.6 Å². The Morgan fingerprint density at radius 1 is 1.27 bits per heavy atom. The maximum Gasteiger partial charge on any atom is 0.254 e. The van der Waals surface area contributed by atoms with E-state index in [1.54, 1.807) is 0 Å². The number of amides is 1. The van der Waals surface area contributed by atoms with Crippen LogP contribution in [0, 0.1) is 0 Å². The average Bonchev–Trinajstić information content (AvgIpc) is 3.00. The highest BCUT2D eigenvalue weighted by molar-refractivity contribution is 5.95. The number of benzene rings is 1. The van der Waals surface area contributed by atoms with Gasteiger partial charge in [-0.25, -0.2) is 0 Å². The summed E-state index contributed by atoms with van der Waals surface area (Å²) in [4.78, 5) is 17.5. The third-order valence-electron chi connectivity index (χ3n) is 4.77. The minimum absolute atomic E-state index is 0. The molecule has 1 atom stereocenters. The van der Waals surface area contributed by atoms with Crippen LogP contribution in [-0.4, -0.2) is 61.5 Å². The Kier molecular flexibility index (Phi) is 6.24. The Labute approximate surface area is 139 Å². The molecule has 2 aliphatic heterocycles. The third-order valence-corrected chi connectivity index (χ3v) is 4.77. The standard InChI is InChI=1S/C17H25N3O.ClH/c1-18-9-8-14-5-2-3-7-16(14)17(21)20-12-11-19-10-4-6-15(19)13-20;/h2-3,5,7,15,18H,4,6,8-13H2,1H3;1H. The summed E-state index contributed by atoms with van der Waals surface area (Å²) in [6.45, 7) is 4.93. The molecule has 122 valence electrons. The molecule has 2 aliphatic rings. The van der Waals surface area contributed by atoms with Crippen molar-refractivity contribution in [1.82, 2.24) is 15.1 Å². The van der Waals surface area contributed by atoms with Gasteiger partial charge in [0, 0.05) is 31.2 Å². The van der Waals surface area contributed by atoms with Gasteiger partial charge < -0.3 is 10.2 Å². The van der Waals surface area contributed by atoms with Crippen molar-refractivity contribution in [2.45, 2.75) is 25.3 Å². The monoisotopic (exact) mass is 323 g/mol. The molecule has 22 heavy (non-hydrogen) atoms. The summed E-state index contributed by atoms with van der Waals surface area (Å²) in [6.07, 6.45) is 3.43. The minimum atomic E-state index is 0. The maximum atomic E-state index is 12.9. The predicted molar refractivity (Wildman–Crippen MR) is 91.8 cm³/mol. The second-order valence-corrected chi connectivity index (χ2v) is 6.09. The number of carbonyl (C=O) groups excluding carboxylic acids is 1. The van der Waals surface area contributed by atoms with Gasteiger partial charge in [-0.1, -0.05) is 18.2 Å². The smallest absolute Gasteiger partial charge is 0.254 e. The molecule has 0 aliphatic carbocycles. The fourth-order valence-electron chi connectivity index (χ4n) is 3.55. The van der Waals surface area contributed by atoms with Gasteiger partial charge >= 0.3 is 0 Å². The fourth-order valence-corrected chi connectivity index (χ4v) is 3.55. The van der Waals surface area contributed by atoms with E-state index in [2.05, 4.69) is 21.2 Å².